The van der Waals surface area contributed by atoms with Crippen molar-refractivity contribution in [3.63, 3.8) is 0 Å². The lowest BCUT2D eigenvalue weighted by Gasteiger charge is -2.19. The minimum atomic E-state index is -0.630. The molecule has 136 valence electrons. The maximum Gasteiger partial charge on any atom is 0.435 e. The number of hydrogen-bond acceptors (Lipinski definition) is 5. The van der Waals surface area contributed by atoms with E-state index >= 15 is 0 Å². The van der Waals surface area contributed by atoms with E-state index in [1.54, 1.807) is 26.8 Å². The third-order valence-electron chi connectivity index (χ3n) is 3.77. The number of aryl methyl sites for hydroxylation is 1. The third kappa shape index (κ3) is 3.60. The van der Waals surface area contributed by atoms with Crippen LogP contribution >= 0.6 is 11.6 Å². The van der Waals surface area contributed by atoms with Gasteiger partial charge >= 0.3 is 6.09 Å². The molecule has 0 bridgehead atoms. The lowest BCUT2D eigenvalue weighted by atomic mass is 10.1. The van der Waals surface area contributed by atoms with Crippen LogP contribution in [0.3, 0.4) is 0 Å². The highest BCUT2D eigenvalue weighted by atomic mass is 35.5. The Labute approximate surface area is 156 Å². The van der Waals surface area contributed by atoms with Gasteiger partial charge in [0.15, 0.2) is 5.82 Å². The predicted molar refractivity (Wildman–Crippen MR) is 105 cm³/mol. The first-order valence-electron chi connectivity index (χ1n) is 8.19. The topological polar surface area (TPSA) is 82.2 Å². The molecule has 1 aromatic heterocycles. The van der Waals surface area contributed by atoms with Gasteiger partial charge in [0, 0.05) is 11.1 Å². The number of fused-ring (bicyclic) bond motifs is 1. The van der Waals surface area contributed by atoms with Gasteiger partial charge in [-0.1, -0.05) is 23.7 Å². The minimum Gasteiger partial charge on any atom is -0.442 e. The average molecular weight is 373 g/mol. The average Bonchev–Trinajstić information content (AvgIpc) is 2.86. The maximum atomic E-state index is 12.4. The Morgan fingerprint density at radius 3 is 2.65 bits per heavy atom. The molecule has 0 radical (unpaired) electrons. The van der Waals surface area contributed by atoms with Gasteiger partial charge in [-0.15, -0.1) is 5.10 Å². The fraction of sp³-hybridized carbons (Fsp3) is 0.263. The highest BCUT2D eigenvalue weighted by molar-refractivity contribution is 6.33. The molecular formula is C19H21ClN4O2. The molecule has 3 rings (SSSR count). The van der Waals surface area contributed by atoms with Crippen molar-refractivity contribution in [2.45, 2.75) is 33.3 Å². The molecule has 0 aliphatic heterocycles. The normalized spacial score (nSPS) is 11.6. The van der Waals surface area contributed by atoms with Crippen LogP contribution in [-0.2, 0) is 4.74 Å². The maximum absolute atomic E-state index is 12.4. The second-order valence-corrected chi connectivity index (χ2v) is 7.47. The summed E-state index contributed by atoms with van der Waals surface area (Å²) in [5.74, 6) is 0.270. The van der Waals surface area contributed by atoms with Crippen molar-refractivity contribution in [3.05, 3.63) is 47.0 Å². The highest BCUT2D eigenvalue weighted by Gasteiger charge is 2.21. The van der Waals surface area contributed by atoms with Crippen molar-refractivity contribution < 1.29 is 9.53 Å². The van der Waals surface area contributed by atoms with Crippen LogP contribution in [0, 0.1) is 6.92 Å². The number of carbonyl (C=O) groups is 1. The summed E-state index contributed by atoms with van der Waals surface area (Å²) in [7, 11) is 0. The molecule has 0 aliphatic carbocycles. The number of aromatic nitrogens is 2. The molecular weight excluding hydrogens is 352 g/mol. The molecule has 3 aromatic rings. The van der Waals surface area contributed by atoms with Crippen LogP contribution < -0.4 is 11.1 Å². The van der Waals surface area contributed by atoms with Crippen LogP contribution in [0.15, 0.2) is 36.4 Å². The van der Waals surface area contributed by atoms with Crippen LogP contribution in [0.1, 0.15) is 26.3 Å². The molecule has 1 heterocycles. The quantitative estimate of drug-likeness (QED) is 0.653. The molecule has 6 nitrogen and oxygen atoms in total. The standard InChI is InChI=1S/C19H21ClN4O2/c1-11-6-5-7-14(20)16(11)22-12-8-9-13-15(10-12)24(23-17(13)21)18(25)26-19(2,3)4/h5-10,22H,1-4H3,(H2,21,23). The Bertz CT molecular complexity index is 969. The number of nitrogen functional groups attached to an aromatic ring is 1. The van der Waals surface area contributed by atoms with Crippen molar-refractivity contribution in [2.24, 2.45) is 0 Å². The number of hydrogen-bond donors (Lipinski definition) is 2. The minimum absolute atomic E-state index is 0.270. The predicted octanol–water partition coefficient (Wildman–Crippen LogP) is 5.11. The smallest absolute Gasteiger partial charge is 0.435 e. The number of para-hydroxylation sites is 1. The zero-order chi connectivity index (χ0) is 19.1. The number of anilines is 3. The van der Waals surface area contributed by atoms with Crippen molar-refractivity contribution in [3.8, 4) is 0 Å². The Balaban J connectivity index is 2.02. The Hall–Kier alpha value is -2.73. The molecule has 0 amide bonds. The number of nitrogens with zero attached hydrogens (tertiary/aromatic N) is 2. The van der Waals surface area contributed by atoms with E-state index in [-0.39, 0.29) is 5.82 Å². The van der Waals surface area contributed by atoms with Gasteiger partial charge in [0.25, 0.3) is 0 Å². The summed E-state index contributed by atoms with van der Waals surface area (Å²) in [4.78, 5) is 12.4. The molecule has 2 aromatic carbocycles. The fourth-order valence-electron chi connectivity index (χ4n) is 2.60. The summed E-state index contributed by atoms with van der Waals surface area (Å²) in [6.07, 6.45) is -0.578. The summed E-state index contributed by atoms with van der Waals surface area (Å²) in [5.41, 5.74) is 8.46. The van der Waals surface area contributed by atoms with Crippen LogP contribution in [-0.4, -0.2) is 21.5 Å². The number of nitrogens with one attached hydrogen (secondary N) is 1. The van der Waals surface area contributed by atoms with Crippen LogP contribution in [0.25, 0.3) is 10.9 Å². The lowest BCUT2D eigenvalue weighted by molar-refractivity contribution is 0.0523. The van der Waals surface area contributed by atoms with Gasteiger partial charge in [0.2, 0.25) is 0 Å². The molecule has 0 unspecified atom stereocenters. The van der Waals surface area contributed by atoms with E-state index in [1.807, 2.05) is 37.3 Å². The van der Waals surface area contributed by atoms with Gasteiger partial charge in [-0.2, -0.15) is 4.68 Å². The Morgan fingerprint density at radius 1 is 1.27 bits per heavy atom. The third-order valence-corrected chi connectivity index (χ3v) is 4.08. The zero-order valence-electron chi connectivity index (χ0n) is 15.1. The van der Waals surface area contributed by atoms with E-state index in [2.05, 4.69) is 10.4 Å². The van der Waals surface area contributed by atoms with Gasteiger partial charge < -0.3 is 15.8 Å². The molecule has 0 atom stereocenters. The molecule has 0 saturated heterocycles. The Morgan fingerprint density at radius 2 is 2.00 bits per heavy atom. The van der Waals surface area contributed by atoms with E-state index in [0.29, 0.717) is 15.9 Å². The summed E-state index contributed by atoms with van der Waals surface area (Å²) in [6, 6.07) is 11.2. The molecule has 26 heavy (non-hydrogen) atoms. The summed E-state index contributed by atoms with van der Waals surface area (Å²) in [6.45, 7) is 7.36. The molecule has 7 heteroatoms. The second-order valence-electron chi connectivity index (χ2n) is 7.07. The number of carbonyl (C=O) groups excluding carboxylic acids is 1. The van der Waals surface area contributed by atoms with Crippen molar-refractivity contribution in [1.29, 1.82) is 0 Å². The number of benzene rings is 2. The van der Waals surface area contributed by atoms with Crippen molar-refractivity contribution in [1.82, 2.24) is 9.78 Å². The SMILES string of the molecule is Cc1cccc(Cl)c1Nc1ccc2c(N)nn(C(=O)OC(C)(C)C)c2c1. The van der Waals surface area contributed by atoms with Gasteiger partial charge in [0.1, 0.15) is 5.60 Å². The molecule has 3 N–H and O–H groups in total. The van der Waals surface area contributed by atoms with E-state index in [0.717, 1.165) is 16.9 Å². The molecule has 0 fully saturated rings. The lowest BCUT2D eigenvalue weighted by Crippen LogP contribution is -2.27. The van der Waals surface area contributed by atoms with Crippen molar-refractivity contribution >= 4 is 45.8 Å². The first kappa shape index (κ1) is 18.1. The first-order valence-corrected chi connectivity index (χ1v) is 8.57. The second kappa shape index (κ2) is 6.53. The largest absolute Gasteiger partial charge is 0.442 e. The number of rotatable bonds is 2. The van der Waals surface area contributed by atoms with Crippen molar-refractivity contribution in [2.75, 3.05) is 11.1 Å². The highest BCUT2D eigenvalue weighted by Crippen LogP contribution is 2.31. The monoisotopic (exact) mass is 372 g/mol. The van der Waals surface area contributed by atoms with Gasteiger partial charge in [0.05, 0.1) is 16.2 Å². The fourth-order valence-corrected chi connectivity index (χ4v) is 2.86. The zero-order valence-corrected chi connectivity index (χ0v) is 15.9. The van der Waals surface area contributed by atoms with E-state index in [1.165, 1.54) is 4.68 Å². The molecule has 0 saturated carbocycles. The summed E-state index contributed by atoms with van der Waals surface area (Å²) in [5, 5.41) is 8.71. The van der Waals surface area contributed by atoms with E-state index in [9.17, 15) is 4.79 Å². The first-order chi connectivity index (χ1) is 12.2. The van der Waals surface area contributed by atoms with Gasteiger partial charge in [-0.25, -0.2) is 4.79 Å². The van der Waals surface area contributed by atoms with Gasteiger partial charge in [-0.05, 0) is 57.5 Å². The van der Waals surface area contributed by atoms with E-state index < -0.39 is 11.7 Å². The number of nitrogens with two attached hydrogens (primary N) is 1. The molecule has 0 aliphatic rings. The summed E-state index contributed by atoms with van der Waals surface area (Å²) < 4.78 is 6.59. The van der Waals surface area contributed by atoms with Crippen LogP contribution in [0.5, 0.6) is 0 Å². The van der Waals surface area contributed by atoms with Crippen LogP contribution in [0.4, 0.5) is 22.0 Å². The summed E-state index contributed by atoms with van der Waals surface area (Å²) >= 11 is 6.28. The number of halogens is 1. The van der Waals surface area contributed by atoms with Gasteiger partial charge in [-0.3, -0.25) is 0 Å². The number of ether oxygens (including phenoxy) is 1. The Kier molecular flexibility index (Phi) is 4.54. The van der Waals surface area contributed by atoms with Crippen LogP contribution in [0.2, 0.25) is 5.02 Å². The molecule has 0 spiro atoms. The van der Waals surface area contributed by atoms with E-state index in [4.69, 9.17) is 22.1 Å².